The van der Waals surface area contributed by atoms with E-state index in [-0.39, 0.29) is 17.5 Å². The molecule has 1 saturated carbocycles. The molecule has 0 aromatic carbocycles. The highest BCUT2D eigenvalue weighted by atomic mass is 16.5. The van der Waals surface area contributed by atoms with E-state index in [1.807, 2.05) is 0 Å². The van der Waals surface area contributed by atoms with Crippen molar-refractivity contribution in [3.05, 3.63) is 11.3 Å². The van der Waals surface area contributed by atoms with Gasteiger partial charge in [0.05, 0.1) is 18.3 Å². The number of nitrogens with zero attached hydrogens (tertiary/aromatic N) is 5. The van der Waals surface area contributed by atoms with E-state index in [9.17, 15) is 9.90 Å². The van der Waals surface area contributed by atoms with Crippen LogP contribution in [0.25, 0.3) is 0 Å². The molecule has 164 valence electrons. The molecule has 2 bridgehead atoms. The Morgan fingerprint density at radius 1 is 1.27 bits per heavy atom. The number of fused-ring (bicyclic) bond motifs is 4. The van der Waals surface area contributed by atoms with Crippen LogP contribution in [0.4, 0.5) is 10.6 Å². The molecule has 1 aromatic heterocycles. The third kappa shape index (κ3) is 3.69. The van der Waals surface area contributed by atoms with Gasteiger partial charge in [0.25, 0.3) is 0 Å². The topological polar surface area (TPSA) is 94.1 Å². The molecule has 2 N–H and O–H groups in total. The Hall–Kier alpha value is -2.13. The fourth-order valence-corrected chi connectivity index (χ4v) is 5.36. The first-order valence-corrected chi connectivity index (χ1v) is 11.1. The van der Waals surface area contributed by atoms with E-state index >= 15 is 0 Å². The van der Waals surface area contributed by atoms with E-state index in [1.54, 1.807) is 4.90 Å². The summed E-state index contributed by atoms with van der Waals surface area (Å²) in [5.74, 6) is 0.966. The van der Waals surface area contributed by atoms with Crippen LogP contribution in [0.5, 0.6) is 6.01 Å². The first kappa shape index (κ1) is 19.8. The summed E-state index contributed by atoms with van der Waals surface area (Å²) in [5, 5.41) is 12.9. The lowest BCUT2D eigenvalue weighted by molar-refractivity contribution is 0.0801. The van der Waals surface area contributed by atoms with Gasteiger partial charge in [-0.25, -0.2) is 4.79 Å². The third-order valence-corrected chi connectivity index (χ3v) is 7.06. The molecule has 4 fully saturated rings. The zero-order valence-electron chi connectivity index (χ0n) is 17.9. The molecule has 5 heterocycles. The average Bonchev–Trinajstić information content (AvgIpc) is 3.50. The number of piperazine rings is 1. The molecule has 30 heavy (non-hydrogen) atoms. The van der Waals surface area contributed by atoms with Gasteiger partial charge in [-0.05, 0) is 52.7 Å². The fourth-order valence-electron chi connectivity index (χ4n) is 5.36. The molecule has 0 spiro atoms. The van der Waals surface area contributed by atoms with E-state index in [1.165, 1.54) is 18.4 Å². The predicted octanol–water partition coefficient (Wildman–Crippen LogP) is 1.17. The van der Waals surface area contributed by atoms with Crippen LogP contribution >= 0.6 is 0 Å². The number of piperidine rings is 2. The van der Waals surface area contributed by atoms with Crippen molar-refractivity contribution in [3.8, 4) is 6.01 Å². The number of amides is 1. The summed E-state index contributed by atoms with van der Waals surface area (Å²) in [6.45, 7) is 4.58. The predicted molar refractivity (Wildman–Crippen MR) is 112 cm³/mol. The molecular weight excluding hydrogens is 384 g/mol. The lowest BCUT2D eigenvalue weighted by Crippen LogP contribution is -2.64. The van der Waals surface area contributed by atoms with Crippen LogP contribution in [0.15, 0.2) is 0 Å². The highest BCUT2D eigenvalue weighted by Gasteiger charge is 2.45. The minimum absolute atomic E-state index is 0.0408. The van der Waals surface area contributed by atoms with Crippen LogP contribution in [0.3, 0.4) is 0 Å². The van der Waals surface area contributed by atoms with Crippen molar-refractivity contribution in [1.29, 1.82) is 0 Å². The quantitative estimate of drug-likeness (QED) is 0.714. The Bertz CT molecular complexity index is 827. The second-order valence-corrected chi connectivity index (χ2v) is 9.68. The Labute approximate surface area is 177 Å². The van der Waals surface area contributed by atoms with Crippen LogP contribution in [-0.4, -0.2) is 89.9 Å². The van der Waals surface area contributed by atoms with Gasteiger partial charge in [0, 0.05) is 43.2 Å². The van der Waals surface area contributed by atoms with Gasteiger partial charge < -0.3 is 29.9 Å². The van der Waals surface area contributed by atoms with Crippen LogP contribution < -0.4 is 15.0 Å². The van der Waals surface area contributed by atoms with Gasteiger partial charge in [-0.15, -0.1) is 0 Å². The standard InChI is InChI=1S/C21H32N6O3/c1-25(2)12-21(6-7-21)13-30-19-23-17-9-22-8-5-16(17)18(24-19)26-10-15-4-3-14(26)11-27(15)20(28)29/h14-15,22H,3-13H2,1-2H3,(H,28,29)/t14-,15-/m0/s1. The number of aromatic nitrogens is 2. The van der Waals surface area contributed by atoms with E-state index < -0.39 is 6.09 Å². The molecule has 1 aromatic rings. The van der Waals surface area contributed by atoms with Gasteiger partial charge in [0.15, 0.2) is 0 Å². The minimum atomic E-state index is -0.807. The number of hydrogen-bond donors (Lipinski definition) is 2. The molecule has 6 rings (SSSR count). The Kier molecular flexibility index (Phi) is 4.97. The molecule has 1 aliphatic carbocycles. The van der Waals surface area contributed by atoms with E-state index in [2.05, 4.69) is 29.2 Å². The molecule has 2 atom stereocenters. The van der Waals surface area contributed by atoms with E-state index in [0.29, 0.717) is 25.7 Å². The summed E-state index contributed by atoms with van der Waals surface area (Å²) in [7, 11) is 4.20. The monoisotopic (exact) mass is 416 g/mol. The maximum absolute atomic E-state index is 11.6. The fraction of sp³-hybridized carbons (Fsp3) is 0.762. The minimum Gasteiger partial charge on any atom is -0.465 e. The number of carboxylic acid groups (broad SMARTS) is 1. The number of anilines is 1. The summed E-state index contributed by atoms with van der Waals surface area (Å²) >= 11 is 0. The van der Waals surface area contributed by atoms with Crippen LogP contribution in [-0.2, 0) is 13.0 Å². The maximum Gasteiger partial charge on any atom is 0.407 e. The van der Waals surface area contributed by atoms with Crippen molar-refractivity contribution in [2.24, 2.45) is 5.41 Å². The van der Waals surface area contributed by atoms with Gasteiger partial charge in [-0.1, -0.05) is 0 Å². The van der Waals surface area contributed by atoms with Crippen molar-refractivity contribution in [1.82, 2.24) is 25.1 Å². The van der Waals surface area contributed by atoms with Crippen LogP contribution in [0.1, 0.15) is 36.9 Å². The smallest absolute Gasteiger partial charge is 0.407 e. The molecule has 1 amide bonds. The number of rotatable bonds is 6. The molecule has 9 heteroatoms. The molecule has 0 radical (unpaired) electrons. The molecule has 5 aliphatic rings. The van der Waals surface area contributed by atoms with Gasteiger partial charge in [0.2, 0.25) is 0 Å². The maximum atomic E-state index is 11.6. The second kappa shape index (κ2) is 7.53. The van der Waals surface area contributed by atoms with Crippen molar-refractivity contribution in [2.75, 3.05) is 51.8 Å². The second-order valence-electron chi connectivity index (χ2n) is 9.68. The average molecular weight is 417 g/mol. The van der Waals surface area contributed by atoms with Crippen molar-refractivity contribution in [3.63, 3.8) is 0 Å². The van der Waals surface area contributed by atoms with Crippen LogP contribution in [0.2, 0.25) is 0 Å². The van der Waals surface area contributed by atoms with E-state index in [0.717, 1.165) is 50.4 Å². The van der Waals surface area contributed by atoms with Gasteiger partial charge >= 0.3 is 12.1 Å². The summed E-state index contributed by atoms with van der Waals surface area (Å²) in [5.41, 5.74) is 2.45. The molecule has 9 nitrogen and oxygen atoms in total. The largest absolute Gasteiger partial charge is 0.465 e. The lowest BCUT2D eigenvalue weighted by atomic mass is 9.90. The van der Waals surface area contributed by atoms with Gasteiger partial charge in [-0.2, -0.15) is 9.97 Å². The highest BCUT2D eigenvalue weighted by Crippen LogP contribution is 2.46. The van der Waals surface area contributed by atoms with Crippen molar-refractivity contribution < 1.29 is 14.6 Å². The number of nitrogens with one attached hydrogen (secondary N) is 1. The Morgan fingerprint density at radius 3 is 2.73 bits per heavy atom. The van der Waals surface area contributed by atoms with Gasteiger partial charge in [0.1, 0.15) is 5.82 Å². The molecule has 0 unspecified atom stereocenters. The first-order valence-electron chi connectivity index (χ1n) is 11.1. The van der Waals surface area contributed by atoms with Crippen molar-refractivity contribution >= 4 is 11.9 Å². The van der Waals surface area contributed by atoms with Crippen molar-refractivity contribution in [2.45, 2.75) is 50.7 Å². The first-order chi connectivity index (χ1) is 14.4. The Morgan fingerprint density at radius 2 is 2.07 bits per heavy atom. The summed E-state index contributed by atoms with van der Waals surface area (Å²) < 4.78 is 6.16. The summed E-state index contributed by atoms with van der Waals surface area (Å²) in [4.78, 5) is 27.4. The third-order valence-electron chi connectivity index (χ3n) is 7.06. The normalized spacial score (nSPS) is 26.6. The number of ether oxygens (including phenoxy) is 1. The molecular formula is C21H32N6O3. The number of hydrogen-bond acceptors (Lipinski definition) is 7. The van der Waals surface area contributed by atoms with Gasteiger partial charge in [-0.3, -0.25) is 0 Å². The summed E-state index contributed by atoms with van der Waals surface area (Å²) in [6, 6.07) is 0.685. The zero-order chi connectivity index (χ0) is 20.9. The summed E-state index contributed by atoms with van der Waals surface area (Å²) in [6.07, 6.45) is 4.40. The Balaban J connectivity index is 1.39. The number of carbonyl (C=O) groups is 1. The van der Waals surface area contributed by atoms with Crippen LogP contribution in [0, 0.1) is 5.41 Å². The molecule has 4 aliphatic heterocycles. The zero-order valence-corrected chi connectivity index (χ0v) is 17.9. The SMILES string of the molecule is CN(C)CC1(COc2nc3c(c(N4C[C@@H]5CC[C@H]4CN5C(=O)O)n2)CCNC3)CC1. The lowest BCUT2D eigenvalue weighted by Gasteiger charge is -2.51. The molecule has 3 saturated heterocycles. The van der Waals surface area contributed by atoms with E-state index in [4.69, 9.17) is 14.7 Å². The highest BCUT2D eigenvalue weighted by molar-refractivity contribution is 5.67.